The monoisotopic (exact) mass is 405 g/mol. The Kier molecular flexibility index (Phi) is 9.80. The molecule has 0 aliphatic heterocycles. The molecule has 0 aromatic heterocycles. The summed E-state index contributed by atoms with van der Waals surface area (Å²) in [6.07, 6.45) is 2.15. The molecule has 0 spiro atoms. The fraction of sp³-hybridized carbons (Fsp3) is 0.524. The minimum atomic E-state index is -1.79. The van der Waals surface area contributed by atoms with Crippen LogP contribution in [0.15, 0.2) is 24.3 Å². The molecule has 6 N–H and O–H groups in total. The number of unbranched alkanes of at least 4 members (excludes halogenated alkanes) is 1. The van der Waals surface area contributed by atoms with E-state index < -0.39 is 29.8 Å². The normalized spacial score (nSPS) is 14.0. The molecule has 0 saturated heterocycles. The zero-order valence-corrected chi connectivity index (χ0v) is 17.1. The van der Waals surface area contributed by atoms with Gasteiger partial charge in [-0.15, -0.1) is 0 Å². The molecule has 8 heteroatoms. The lowest BCUT2D eigenvalue weighted by Gasteiger charge is -2.27. The van der Waals surface area contributed by atoms with Crippen molar-refractivity contribution in [1.29, 1.82) is 0 Å². The number of nitrogens with two attached hydrogens (primary N) is 2. The molecule has 1 amide bonds. The number of anilines is 1. The van der Waals surface area contributed by atoms with E-state index in [1.807, 2.05) is 0 Å². The van der Waals surface area contributed by atoms with Crippen molar-refractivity contribution in [1.82, 2.24) is 0 Å². The Morgan fingerprint density at radius 1 is 1.07 bits per heavy atom. The second kappa shape index (κ2) is 11.5. The van der Waals surface area contributed by atoms with Crippen LogP contribution in [-0.4, -0.2) is 46.6 Å². The van der Waals surface area contributed by atoms with Crippen LogP contribution >= 0.6 is 0 Å². The number of carbonyl (C=O) groups excluding carboxylic acids is 4. The number of amides is 1. The summed E-state index contributed by atoms with van der Waals surface area (Å²) in [6.45, 7) is 2.34. The van der Waals surface area contributed by atoms with Crippen LogP contribution in [0.4, 0.5) is 5.69 Å². The summed E-state index contributed by atoms with van der Waals surface area (Å²) in [5.74, 6) is -1.16. The third kappa shape index (κ3) is 7.84. The second-order valence-electron chi connectivity index (χ2n) is 7.33. The molecule has 160 valence electrons. The molecule has 29 heavy (non-hydrogen) atoms. The molecule has 0 aliphatic carbocycles. The summed E-state index contributed by atoms with van der Waals surface area (Å²) in [5, 5.41) is 11.9. The van der Waals surface area contributed by atoms with Crippen molar-refractivity contribution in [3.63, 3.8) is 0 Å². The lowest BCUT2D eigenvalue weighted by Crippen LogP contribution is -2.60. The first-order valence-corrected chi connectivity index (χ1v) is 9.69. The quantitative estimate of drug-likeness (QED) is 0.281. The van der Waals surface area contributed by atoms with E-state index >= 15 is 0 Å². The molecule has 0 bridgehead atoms. The number of nitrogens with one attached hydrogen (secondary N) is 1. The SMILES string of the molecule is CC(=O)CCCCC(=O)Nc1ccc(C[C@H](N)C(=O)C(N)(CCO)C(C)=O)cc1. The van der Waals surface area contributed by atoms with Crippen molar-refractivity contribution >= 4 is 28.9 Å². The number of hydrogen-bond donors (Lipinski definition) is 4. The first-order chi connectivity index (χ1) is 13.6. The van der Waals surface area contributed by atoms with Crippen molar-refractivity contribution in [2.45, 2.75) is 64.0 Å². The fourth-order valence-corrected chi connectivity index (χ4v) is 2.93. The van der Waals surface area contributed by atoms with Crippen LogP contribution in [0, 0.1) is 0 Å². The molecule has 0 heterocycles. The highest BCUT2D eigenvalue weighted by Crippen LogP contribution is 2.16. The molecule has 0 saturated carbocycles. The van der Waals surface area contributed by atoms with Gasteiger partial charge in [0.05, 0.1) is 6.04 Å². The maximum absolute atomic E-state index is 12.5. The van der Waals surface area contributed by atoms with Crippen LogP contribution in [0.2, 0.25) is 0 Å². The zero-order valence-electron chi connectivity index (χ0n) is 17.1. The van der Waals surface area contributed by atoms with E-state index in [0.29, 0.717) is 31.4 Å². The standard InChI is InChI=1S/C21H31N3O5/c1-14(26)5-3-4-6-19(28)24-17-9-7-16(8-10-17)13-18(22)20(29)21(23,11-12-25)15(2)27/h7-10,18,25H,3-6,11-13,22-23H2,1-2H3,(H,24,28)/t18-,21?/m0/s1. The van der Waals surface area contributed by atoms with Crippen LogP contribution in [0.25, 0.3) is 0 Å². The van der Waals surface area contributed by atoms with Crippen molar-refractivity contribution < 1.29 is 24.3 Å². The predicted molar refractivity (Wildman–Crippen MR) is 110 cm³/mol. The van der Waals surface area contributed by atoms with Crippen molar-refractivity contribution in [3.8, 4) is 0 Å². The Balaban J connectivity index is 2.61. The first-order valence-electron chi connectivity index (χ1n) is 9.69. The molecule has 1 rings (SSSR count). The second-order valence-corrected chi connectivity index (χ2v) is 7.33. The van der Waals surface area contributed by atoms with Crippen molar-refractivity contribution in [2.24, 2.45) is 11.5 Å². The van der Waals surface area contributed by atoms with Crippen molar-refractivity contribution in [3.05, 3.63) is 29.8 Å². The Morgan fingerprint density at radius 3 is 2.17 bits per heavy atom. The lowest BCUT2D eigenvalue weighted by atomic mass is 9.82. The van der Waals surface area contributed by atoms with Gasteiger partial charge in [0.25, 0.3) is 0 Å². The van der Waals surface area contributed by atoms with E-state index in [1.165, 1.54) is 13.8 Å². The van der Waals surface area contributed by atoms with Gasteiger partial charge < -0.3 is 26.7 Å². The van der Waals surface area contributed by atoms with Gasteiger partial charge in [-0.25, -0.2) is 0 Å². The van der Waals surface area contributed by atoms with E-state index in [2.05, 4.69) is 5.32 Å². The Morgan fingerprint density at radius 2 is 1.66 bits per heavy atom. The zero-order chi connectivity index (χ0) is 22.0. The van der Waals surface area contributed by atoms with Crippen LogP contribution < -0.4 is 16.8 Å². The minimum Gasteiger partial charge on any atom is -0.396 e. The number of benzene rings is 1. The van der Waals surface area contributed by atoms with Gasteiger partial charge in [-0.1, -0.05) is 12.1 Å². The molecular formula is C21H31N3O5. The highest BCUT2D eigenvalue weighted by Gasteiger charge is 2.40. The predicted octanol–water partition coefficient (Wildman–Crippen LogP) is 0.882. The van der Waals surface area contributed by atoms with Crippen LogP contribution in [0.3, 0.4) is 0 Å². The maximum atomic E-state index is 12.5. The average Bonchev–Trinajstić information content (AvgIpc) is 2.66. The maximum Gasteiger partial charge on any atom is 0.224 e. The molecule has 2 atom stereocenters. The number of Topliss-reactive ketones (excluding diaryl/α,β-unsaturated/α-hetero) is 3. The molecule has 8 nitrogen and oxygen atoms in total. The highest BCUT2D eigenvalue weighted by molar-refractivity contribution is 6.12. The van der Waals surface area contributed by atoms with Gasteiger partial charge in [0.2, 0.25) is 5.91 Å². The number of rotatable bonds is 13. The van der Waals surface area contributed by atoms with Gasteiger partial charge in [-0.05, 0) is 50.8 Å². The van der Waals surface area contributed by atoms with Crippen LogP contribution in [-0.2, 0) is 25.6 Å². The van der Waals surface area contributed by atoms with Gasteiger partial charge in [-0.3, -0.25) is 14.4 Å². The smallest absolute Gasteiger partial charge is 0.224 e. The molecule has 1 aromatic carbocycles. The number of aliphatic hydroxyl groups is 1. The molecule has 1 unspecified atom stereocenters. The fourth-order valence-electron chi connectivity index (χ4n) is 2.93. The molecule has 0 radical (unpaired) electrons. The molecule has 1 aromatic rings. The van der Waals surface area contributed by atoms with E-state index in [0.717, 1.165) is 5.56 Å². The van der Waals surface area contributed by atoms with E-state index in [4.69, 9.17) is 16.6 Å². The van der Waals surface area contributed by atoms with Gasteiger partial charge in [0, 0.05) is 31.6 Å². The molecular weight excluding hydrogens is 374 g/mol. The third-order valence-corrected chi connectivity index (χ3v) is 4.79. The highest BCUT2D eigenvalue weighted by atomic mass is 16.3. The number of carbonyl (C=O) groups is 4. The van der Waals surface area contributed by atoms with E-state index in [-0.39, 0.29) is 24.5 Å². The largest absolute Gasteiger partial charge is 0.396 e. The van der Waals surface area contributed by atoms with Crippen molar-refractivity contribution in [2.75, 3.05) is 11.9 Å². The minimum absolute atomic E-state index is 0.115. The summed E-state index contributed by atoms with van der Waals surface area (Å²) in [6, 6.07) is 5.88. The number of hydrogen-bond acceptors (Lipinski definition) is 7. The Labute approximate surface area is 171 Å². The number of aliphatic hydroxyl groups excluding tert-OH is 1. The summed E-state index contributed by atoms with van der Waals surface area (Å²) in [5.41, 5.74) is 11.4. The Hall–Kier alpha value is -2.42. The summed E-state index contributed by atoms with van der Waals surface area (Å²) >= 11 is 0. The summed E-state index contributed by atoms with van der Waals surface area (Å²) < 4.78 is 0. The van der Waals surface area contributed by atoms with Crippen LogP contribution in [0.1, 0.15) is 51.5 Å². The van der Waals surface area contributed by atoms with Gasteiger partial charge >= 0.3 is 0 Å². The molecule has 0 aliphatic rings. The first kappa shape index (κ1) is 24.6. The topological polar surface area (TPSA) is 153 Å². The van der Waals surface area contributed by atoms with E-state index in [9.17, 15) is 19.2 Å². The lowest BCUT2D eigenvalue weighted by molar-refractivity contribution is -0.135. The average molecular weight is 405 g/mol. The van der Waals surface area contributed by atoms with E-state index in [1.54, 1.807) is 24.3 Å². The Bertz CT molecular complexity index is 732. The van der Waals surface area contributed by atoms with Gasteiger partial charge in [0.15, 0.2) is 11.6 Å². The number of ketones is 3. The third-order valence-electron chi connectivity index (χ3n) is 4.79. The van der Waals surface area contributed by atoms with Gasteiger partial charge in [0.1, 0.15) is 11.3 Å². The van der Waals surface area contributed by atoms with Gasteiger partial charge in [-0.2, -0.15) is 0 Å². The van der Waals surface area contributed by atoms with Crippen LogP contribution in [0.5, 0.6) is 0 Å². The summed E-state index contributed by atoms with van der Waals surface area (Å²) in [7, 11) is 0. The summed E-state index contributed by atoms with van der Waals surface area (Å²) in [4.78, 5) is 47.1. The molecule has 0 fully saturated rings.